The molecule has 0 saturated carbocycles. The molecule has 0 aromatic heterocycles. The summed E-state index contributed by atoms with van der Waals surface area (Å²) in [6.07, 6.45) is 0.602. The topological polar surface area (TPSA) is 121 Å². The van der Waals surface area contributed by atoms with Crippen LogP contribution in [-0.4, -0.2) is 89.2 Å². The highest BCUT2D eigenvalue weighted by molar-refractivity contribution is 5.95. The Labute approximate surface area is 208 Å². The molecule has 36 heavy (non-hydrogen) atoms. The van der Waals surface area contributed by atoms with Crippen LogP contribution < -0.4 is 9.47 Å². The van der Waals surface area contributed by atoms with Gasteiger partial charge in [0, 0.05) is 6.07 Å². The average Bonchev–Trinajstić information content (AvgIpc) is 3.74. The van der Waals surface area contributed by atoms with E-state index < -0.39 is 11.9 Å². The van der Waals surface area contributed by atoms with Gasteiger partial charge < -0.3 is 37.9 Å². The van der Waals surface area contributed by atoms with Gasteiger partial charge in [-0.3, -0.25) is 0 Å². The second-order valence-corrected chi connectivity index (χ2v) is 8.70. The maximum atomic E-state index is 11.8. The number of carbonyl (C=O) groups is 2. The first-order valence-electron chi connectivity index (χ1n) is 11.9. The van der Waals surface area contributed by atoms with Gasteiger partial charge >= 0.3 is 11.9 Å². The van der Waals surface area contributed by atoms with Gasteiger partial charge in [0.15, 0.2) is 0 Å². The van der Waals surface area contributed by atoms with Crippen molar-refractivity contribution in [3.8, 4) is 11.5 Å². The molecular weight excluding hydrogens is 472 g/mol. The van der Waals surface area contributed by atoms with Crippen molar-refractivity contribution in [2.45, 2.75) is 24.4 Å². The smallest absolute Gasteiger partial charge is 0.338 e. The summed E-state index contributed by atoms with van der Waals surface area (Å²) in [5, 5.41) is 0. The Morgan fingerprint density at radius 3 is 1.42 bits per heavy atom. The number of rotatable bonds is 12. The van der Waals surface area contributed by atoms with E-state index in [0.29, 0.717) is 37.6 Å². The van der Waals surface area contributed by atoms with Crippen molar-refractivity contribution in [3.05, 3.63) is 59.7 Å². The molecule has 0 N–H and O–H groups in total. The van der Waals surface area contributed by atoms with E-state index >= 15 is 0 Å². The molecule has 0 bridgehead atoms. The van der Waals surface area contributed by atoms with Crippen LogP contribution in [0.4, 0.5) is 0 Å². The minimum atomic E-state index is -0.472. The second kappa shape index (κ2) is 11.7. The van der Waals surface area contributed by atoms with Gasteiger partial charge in [-0.15, -0.1) is 0 Å². The summed E-state index contributed by atoms with van der Waals surface area (Å²) in [5.41, 5.74) is 0.644. The third-order valence-corrected chi connectivity index (χ3v) is 5.42. The zero-order valence-electron chi connectivity index (χ0n) is 19.7. The number of hydrogen-bond acceptors (Lipinski definition) is 10. The molecular formula is C26H28O10. The van der Waals surface area contributed by atoms with Crippen molar-refractivity contribution in [1.29, 1.82) is 0 Å². The quantitative estimate of drug-likeness (QED) is 0.316. The average molecular weight is 501 g/mol. The fourth-order valence-electron chi connectivity index (χ4n) is 2.97. The van der Waals surface area contributed by atoms with Crippen LogP contribution in [0.5, 0.6) is 11.5 Å². The fraction of sp³-hybridized carbons (Fsp3) is 0.462. The maximum absolute atomic E-state index is 11.8. The highest BCUT2D eigenvalue weighted by Gasteiger charge is 2.26. The monoisotopic (exact) mass is 500 g/mol. The van der Waals surface area contributed by atoms with E-state index in [9.17, 15) is 9.59 Å². The first-order valence-corrected chi connectivity index (χ1v) is 11.9. The Morgan fingerprint density at radius 2 is 1.00 bits per heavy atom. The number of ether oxygens (including phenoxy) is 8. The molecule has 10 heteroatoms. The van der Waals surface area contributed by atoms with Gasteiger partial charge in [0.1, 0.15) is 62.3 Å². The van der Waals surface area contributed by atoms with Crippen LogP contribution in [0, 0.1) is 0 Å². The summed E-state index contributed by atoms with van der Waals surface area (Å²) in [7, 11) is 0. The third-order valence-electron chi connectivity index (χ3n) is 5.42. The molecule has 4 aliphatic heterocycles. The van der Waals surface area contributed by atoms with Crippen molar-refractivity contribution in [1.82, 2.24) is 0 Å². The molecule has 4 heterocycles. The number of epoxide rings is 4. The van der Waals surface area contributed by atoms with E-state index in [-0.39, 0.29) is 37.6 Å². The molecule has 2 aromatic rings. The summed E-state index contributed by atoms with van der Waals surface area (Å²) < 4.78 is 41.3. The molecule has 4 fully saturated rings. The molecule has 6 rings (SSSR count). The Morgan fingerprint density at radius 1 is 0.611 bits per heavy atom. The highest BCUT2D eigenvalue weighted by Crippen LogP contribution is 2.22. The fourth-order valence-corrected chi connectivity index (χ4v) is 2.97. The van der Waals surface area contributed by atoms with Gasteiger partial charge in [-0.25, -0.2) is 9.59 Å². The van der Waals surface area contributed by atoms with Crippen LogP contribution >= 0.6 is 0 Å². The van der Waals surface area contributed by atoms with Gasteiger partial charge in [0.2, 0.25) is 0 Å². The van der Waals surface area contributed by atoms with Gasteiger partial charge in [-0.1, -0.05) is 12.1 Å². The highest BCUT2D eigenvalue weighted by atomic mass is 16.6. The summed E-state index contributed by atoms with van der Waals surface area (Å²) >= 11 is 0. The number of hydrogen-bond donors (Lipinski definition) is 0. The predicted molar refractivity (Wildman–Crippen MR) is 123 cm³/mol. The molecule has 10 nitrogen and oxygen atoms in total. The maximum Gasteiger partial charge on any atom is 0.338 e. The lowest BCUT2D eigenvalue weighted by molar-refractivity contribution is 0.0474. The molecule has 4 unspecified atom stereocenters. The number of carbonyl (C=O) groups excluding carboxylic acids is 2. The minimum absolute atomic E-state index is 0.0191. The lowest BCUT2D eigenvalue weighted by Gasteiger charge is -2.07. The van der Waals surface area contributed by atoms with Crippen LogP contribution in [0.15, 0.2) is 48.5 Å². The molecule has 4 aliphatic rings. The number of esters is 2. The zero-order chi connectivity index (χ0) is 24.7. The van der Waals surface area contributed by atoms with E-state index in [1.54, 1.807) is 18.2 Å². The molecule has 4 atom stereocenters. The standard InChI is InChI=1S/C14H14O6.C12H14O4/c15-13(19-7-11-5-17-11)9-2-1-3-10(4-9)14(16)20-8-12-6-18-12;1-2-9(13-5-11-7-15-11)4-10(3-1)14-6-12-8-16-12/h1-4,11-12H,5-8H2;1-4,11-12H,5-8H2. The second-order valence-electron chi connectivity index (χ2n) is 8.70. The molecule has 192 valence electrons. The predicted octanol–water partition coefficient (Wildman–Crippen LogP) is 2.04. The Balaban J connectivity index is 0.000000152. The summed E-state index contributed by atoms with van der Waals surface area (Å²) in [6.45, 7) is 4.61. The normalized spacial score (nSPS) is 24.4. The van der Waals surface area contributed by atoms with Crippen LogP contribution in [-0.2, 0) is 28.4 Å². The van der Waals surface area contributed by atoms with Crippen molar-refractivity contribution in [2.24, 2.45) is 0 Å². The molecule has 0 aliphatic carbocycles. The molecule has 0 spiro atoms. The van der Waals surface area contributed by atoms with Crippen molar-refractivity contribution < 1.29 is 47.5 Å². The van der Waals surface area contributed by atoms with E-state index in [4.69, 9.17) is 37.9 Å². The first-order chi connectivity index (χ1) is 17.6. The van der Waals surface area contributed by atoms with Crippen molar-refractivity contribution in [3.63, 3.8) is 0 Å². The lowest BCUT2D eigenvalue weighted by atomic mass is 10.1. The zero-order valence-corrected chi connectivity index (χ0v) is 19.7. The summed E-state index contributed by atoms with van der Waals surface area (Å²) in [6, 6.07) is 13.9. The van der Waals surface area contributed by atoms with Gasteiger partial charge in [0.25, 0.3) is 0 Å². The lowest BCUT2D eigenvalue weighted by Crippen LogP contribution is -2.13. The summed E-state index contributed by atoms with van der Waals surface area (Å²) in [4.78, 5) is 23.6. The molecule has 4 saturated heterocycles. The summed E-state index contributed by atoms with van der Waals surface area (Å²) in [5.74, 6) is 0.704. The van der Waals surface area contributed by atoms with Gasteiger partial charge in [-0.05, 0) is 30.3 Å². The van der Waals surface area contributed by atoms with Crippen LogP contribution in [0.2, 0.25) is 0 Å². The van der Waals surface area contributed by atoms with E-state index in [2.05, 4.69) is 0 Å². The third kappa shape index (κ3) is 8.49. The molecule has 2 aromatic carbocycles. The van der Waals surface area contributed by atoms with Crippen LogP contribution in [0.25, 0.3) is 0 Å². The largest absolute Gasteiger partial charge is 0.491 e. The van der Waals surface area contributed by atoms with E-state index in [1.165, 1.54) is 6.07 Å². The molecule has 0 amide bonds. The van der Waals surface area contributed by atoms with E-state index in [1.807, 2.05) is 24.3 Å². The van der Waals surface area contributed by atoms with E-state index in [0.717, 1.165) is 24.7 Å². The van der Waals surface area contributed by atoms with Crippen LogP contribution in [0.1, 0.15) is 20.7 Å². The first kappa shape index (κ1) is 24.5. The molecule has 0 radical (unpaired) electrons. The van der Waals surface area contributed by atoms with Gasteiger partial charge in [-0.2, -0.15) is 0 Å². The number of benzene rings is 2. The van der Waals surface area contributed by atoms with Crippen molar-refractivity contribution >= 4 is 11.9 Å². The SMILES string of the molecule is O=C(OCC1CO1)c1cccc(C(=O)OCC2CO2)c1.c1cc(OCC2CO2)cc(OCC2CO2)c1. The van der Waals surface area contributed by atoms with Gasteiger partial charge in [0.05, 0.1) is 37.6 Å². The Hall–Kier alpha value is -3.18. The Kier molecular flexibility index (Phi) is 7.97. The Bertz CT molecular complexity index is 966. The van der Waals surface area contributed by atoms with Crippen LogP contribution in [0.3, 0.4) is 0 Å². The minimum Gasteiger partial charge on any atom is -0.491 e. The van der Waals surface area contributed by atoms with Crippen molar-refractivity contribution in [2.75, 3.05) is 52.9 Å².